The van der Waals surface area contributed by atoms with Crippen LogP contribution < -0.4 is 5.73 Å². The van der Waals surface area contributed by atoms with Gasteiger partial charge in [0.15, 0.2) is 5.11 Å². The Kier molecular flexibility index (Phi) is 5.50. The molecule has 0 unspecified atom stereocenters. The summed E-state index contributed by atoms with van der Waals surface area (Å²) in [5.41, 5.74) is 12.8. The summed E-state index contributed by atoms with van der Waals surface area (Å²) in [6.45, 7) is 4.05. The molecule has 4 aromatic rings. The lowest BCUT2D eigenvalue weighted by atomic mass is 10.1. The van der Waals surface area contributed by atoms with Crippen LogP contribution in [0.25, 0.3) is 22.5 Å². The van der Waals surface area contributed by atoms with Gasteiger partial charge in [-0.3, -0.25) is 0 Å². The average molecular weight is 412 g/mol. The molecule has 0 aliphatic heterocycles. The maximum absolute atomic E-state index is 6.03. The Morgan fingerprint density at radius 1 is 0.767 bits per heavy atom. The fourth-order valence-electron chi connectivity index (χ4n) is 3.37. The van der Waals surface area contributed by atoms with Gasteiger partial charge >= 0.3 is 0 Å². The van der Waals surface area contributed by atoms with E-state index in [-0.39, 0.29) is 5.11 Å². The molecule has 0 fully saturated rings. The van der Waals surface area contributed by atoms with Crippen LogP contribution in [0.3, 0.4) is 0 Å². The molecule has 5 nitrogen and oxygen atoms in total. The molecular formula is C24H21N5S. The van der Waals surface area contributed by atoms with Crippen LogP contribution in [-0.4, -0.2) is 14.9 Å². The number of thiocarbonyl (C=S) groups is 1. The van der Waals surface area contributed by atoms with Crippen LogP contribution in [0, 0.1) is 13.8 Å². The molecule has 0 amide bonds. The van der Waals surface area contributed by atoms with Gasteiger partial charge in [0.1, 0.15) is 17.1 Å². The first-order chi connectivity index (χ1) is 14.6. The molecule has 0 saturated carbocycles. The van der Waals surface area contributed by atoms with Gasteiger partial charge < -0.3 is 5.73 Å². The molecule has 30 heavy (non-hydrogen) atoms. The fraction of sp³-hybridized carbons (Fsp3) is 0.0833. The Hall–Kier alpha value is -3.64. The highest BCUT2D eigenvalue weighted by atomic mass is 32.1. The number of aromatic nitrogens is 2. The zero-order chi connectivity index (χ0) is 21.1. The molecule has 0 atom stereocenters. The summed E-state index contributed by atoms with van der Waals surface area (Å²) in [6.07, 6.45) is 0. The largest absolute Gasteiger partial charge is 0.374 e. The molecular weight excluding hydrogens is 390 g/mol. The van der Waals surface area contributed by atoms with Gasteiger partial charge in [0.05, 0.1) is 5.69 Å². The normalized spacial score (nSPS) is 11.1. The Morgan fingerprint density at radius 3 is 1.87 bits per heavy atom. The number of nitrogens with two attached hydrogens (primary N) is 1. The Labute approximate surface area is 180 Å². The van der Waals surface area contributed by atoms with Gasteiger partial charge in [-0.1, -0.05) is 78.9 Å². The summed E-state index contributed by atoms with van der Waals surface area (Å²) in [5, 5.41) is 14.2. The Balaban J connectivity index is 1.99. The summed E-state index contributed by atoms with van der Waals surface area (Å²) in [4.78, 5) is 0. The van der Waals surface area contributed by atoms with E-state index < -0.39 is 0 Å². The van der Waals surface area contributed by atoms with E-state index >= 15 is 0 Å². The number of hydrogen-bond acceptors (Lipinski definition) is 4. The first kappa shape index (κ1) is 19.7. The second kappa shape index (κ2) is 8.39. The molecule has 3 aromatic carbocycles. The zero-order valence-corrected chi connectivity index (χ0v) is 17.6. The minimum absolute atomic E-state index is 0.152. The van der Waals surface area contributed by atoms with E-state index in [1.807, 2.05) is 92.7 Å². The standard InChI is InChI=1S/C24H21N5S/c1-16-10-9-11-17(2)20(16)26-27-22-21(18-12-5-3-6-13-18)28-29(24(25)30)23(22)19-14-7-4-8-15-19/h3-15H,1-2H3,(H2,25,30). The smallest absolute Gasteiger partial charge is 0.191 e. The average Bonchev–Trinajstić information content (AvgIpc) is 3.14. The highest BCUT2D eigenvalue weighted by Crippen LogP contribution is 2.40. The summed E-state index contributed by atoms with van der Waals surface area (Å²) >= 11 is 5.30. The minimum atomic E-state index is 0.152. The van der Waals surface area contributed by atoms with Gasteiger partial charge in [0.2, 0.25) is 0 Å². The maximum atomic E-state index is 6.03. The lowest BCUT2D eigenvalue weighted by Crippen LogP contribution is -2.21. The van der Waals surface area contributed by atoms with Crippen LogP contribution in [0.5, 0.6) is 0 Å². The van der Waals surface area contributed by atoms with Crippen molar-refractivity contribution in [2.24, 2.45) is 16.0 Å². The first-order valence-electron chi connectivity index (χ1n) is 9.58. The van der Waals surface area contributed by atoms with Crippen molar-refractivity contribution in [1.82, 2.24) is 9.78 Å². The van der Waals surface area contributed by atoms with Crippen LogP contribution in [0.15, 0.2) is 89.1 Å². The van der Waals surface area contributed by atoms with Crippen molar-refractivity contribution in [1.29, 1.82) is 0 Å². The van der Waals surface area contributed by atoms with Crippen molar-refractivity contribution in [3.05, 3.63) is 90.0 Å². The van der Waals surface area contributed by atoms with E-state index in [4.69, 9.17) is 23.1 Å². The van der Waals surface area contributed by atoms with E-state index in [0.29, 0.717) is 11.4 Å². The second-order valence-corrected chi connectivity index (χ2v) is 7.39. The van der Waals surface area contributed by atoms with Gasteiger partial charge in [-0.2, -0.15) is 5.10 Å². The highest BCUT2D eigenvalue weighted by Gasteiger charge is 2.22. The molecule has 4 rings (SSSR count). The molecule has 1 aromatic heterocycles. The molecule has 0 aliphatic rings. The third-order valence-electron chi connectivity index (χ3n) is 4.85. The zero-order valence-electron chi connectivity index (χ0n) is 16.8. The van der Waals surface area contributed by atoms with Crippen LogP contribution >= 0.6 is 12.2 Å². The lowest BCUT2D eigenvalue weighted by molar-refractivity contribution is 0.951. The second-order valence-electron chi connectivity index (χ2n) is 6.97. The van der Waals surface area contributed by atoms with Crippen molar-refractivity contribution in [3.8, 4) is 22.5 Å². The third kappa shape index (κ3) is 3.77. The van der Waals surface area contributed by atoms with Crippen LogP contribution in [0.4, 0.5) is 11.4 Å². The Bertz CT molecular complexity index is 1210. The van der Waals surface area contributed by atoms with Gasteiger partial charge in [-0.25, -0.2) is 4.68 Å². The number of hydrogen-bond donors (Lipinski definition) is 1. The van der Waals surface area contributed by atoms with Crippen molar-refractivity contribution < 1.29 is 0 Å². The molecule has 6 heteroatoms. The predicted octanol–water partition coefficient (Wildman–Crippen LogP) is 6.34. The lowest BCUT2D eigenvalue weighted by Gasteiger charge is -2.06. The van der Waals surface area contributed by atoms with E-state index in [2.05, 4.69) is 10.2 Å². The quantitative estimate of drug-likeness (QED) is 0.315. The molecule has 0 bridgehead atoms. The van der Waals surface area contributed by atoms with Gasteiger partial charge in [-0.15, -0.1) is 10.2 Å². The molecule has 0 aliphatic carbocycles. The van der Waals surface area contributed by atoms with E-state index in [0.717, 1.165) is 33.6 Å². The van der Waals surface area contributed by atoms with Gasteiger partial charge in [0, 0.05) is 11.1 Å². The van der Waals surface area contributed by atoms with Crippen molar-refractivity contribution in [2.45, 2.75) is 13.8 Å². The third-order valence-corrected chi connectivity index (χ3v) is 5.03. The Morgan fingerprint density at radius 2 is 1.30 bits per heavy atom. The number of aryl methyl sites for hydroxylation is 2. The maximum Gasteiger partial charge on any atom is 0.191 e. The fourth-order valence-corrected chi connectivity index (χ4v) is 3.51. The monoisotopic (exact) mass is 411 g/mol. The SMILES string of the molecule is Cc1cccc(C)c1N=Nc1c(-c2ccccc2)nn(C(N)=S)c1-c1ccccc1. The van der Waals surface area contributed by atoms with E-state index in [9.17, 15) is 0 Å². The number of nitrogens with zero attached hydrogens (tertiary/aromatic N) is 4. The van der Waals surface area contributed by atoms with Crippen LogP contribution in [0.1, 0.15) is 11.1 Å². The molecule has 2 N–H and O–H groups in total. The van der Waals surface area contributed by atoms with Gasteiger partial charge in [-0.05, 0) is 37.2 Å². The summed E-state index contributed by atoms with van der Waals surface area (Å²) < 4.78 is 1.56. The van der Waals surface area contributed by atoms with Crippen LogP contribution in [-0.2, 0) is 0 Å². The van der Waals surface area contributed by atoms with E-state index in [1.54, 1.807) is 4.68 Å². The molecule has 0 radical (unpaired) electrons. The van der Waals surface area contributed by atoms with Crippen molar-refractivity contribution >= 4 is 28.7 Å². The summed E-state index contributed by atoms with van der Waals surface area (Å²) in [6, 6.07) is 25.8. The van der Waals surface area contributed by atoms with Crippen molar-refractivity contribution in [2.75, 3.05) is 0 Å². The summed E-state index contributed by atoms with van der Waals surface area (Å²) in [7, 11) is 0. The number of benzene rings is 3. The van der Waals surface area contributed by atoms with Crippen molar-refractivity contribution in [3.63, 3.8) is 0 Å². The first-order valence-corrected chi connectivity index (χ1v) is 9.98. The molecule has 148 valence electrons. The van der Waals surface area contributed by atoms with Crippen LogP contribution in [0.2, 0.25) is 0 Å². The molecule has 0 saturated heterocycles. The molecule has 0 spiro atoms. The number of azo groups is 1. The minimum Gasteiger partial charge on any atom is -0.374 e. The van der Waals surface area contributed by atoms with E-state index in [1.165, 1.54) is 0 Å². The predicted molar refractivity (Wildman–Crippen MR) is 125 cm³/mol. The summed E-state index contributed by atoms with van der Waals surface area (Å²) in [5.74, 6) is 0. The number of rotatable bonds is 4. The molecule has 1 heterocycles. The van der Waals surface area contributed by atoms with Gasteiger partial charge in [0.25, 0.3) is 0 Å². The highest BCUT2D eigenvalue weighted by molar-refractivity contribution is 7.80. The topological polar surface area (TPSA) is 68.6 Å².